The van der Waals surface area contributed by atoms with E-state index in [-0.39, 0.29) is 11.8 Å². The number of carbonyl (C=O) groups excluding carboxylic acids is 1. The van der Waals surface area contributed by atoms with Gasteiger partial charge in [-0.2, -0.15) is 0 Å². The molecule has 0 radical (unpaired) electrons. The molecule has 34 heavy (non-hydrogen) atoms. The second-order valence-corrected chi connectivity index (χ2v) is 8.38. The normalized spacial score (nSPS) is 11.5. The summed E-state index contributed by atoms with van der Waals surface area (Å²) in [7, 11) is 0. The summed E-state index contributed by atoms with van der Waals surface area (Å²) in [5, 5.41) is 12.7. The van der Waals surface area contributed by atoms with E-state index in [0.717, 1.165) is 15.5 Å². The van der Waals surface area contributed by atoms with E-state index in [4.69, 9.17) is 15.2 Å². The highest BCUT2D eigenvalue weighted by molar-refractivity contribution is 7.15. The summed E-state index contributed by atoms with van der Waals surface area (Å²) in [6.45, 7) is 3.84. The number of ether oxygens (including phenoxy) is 2. The van der Waals surface area contributed by atoms with Crippen molar-refractivity contribution in [3.05, 3.63) is 102 Å². The van der Waals surface area contributed by atoms with Crippen LogP contribution in [0.3, 0.4) is 0 Å². The largest absolute Gasteiger partial charge is 0.457 e. The van der Waals surface area contributed by atoms with Crippen LogP contribution in [0.4, 0.5) is 0 Å². The number of thiophene rings is 1. The molecule has 0 saturated heterocycles. The van der Waals surface area contributed by atoms with Gasteiger partial charge in [-0.05, 0) is 66.7 Å². The second-order valence-electron chi connectivity index (χ2n) is 7.21. The van der Waals surface area contributed by atoms with E-state index >= 15 is 0 Å². The number of aliphatic hydroxyl groups is 1. The first-order chi connectivity index (χ1) is 16.5. The van der Waals surface area contributed by atoms with Crippen LogP contribution in [0.5, 0.6) is 23.1 Å². The SMILES string of the molecule is C=CC(=O)NCc1ccc(-c2ccc(C(N)O)c(Oc3ccc(Oc4ccccc4)cc3)n2)s1. The maximum atomic E-state index is 11.4. The third-order valence-electron chi connectivity index (χ3n) is 4.76. The standard InChI is InChI=1S/C26H23N3O4S/c1-2-24(30)28-16-20-12-15-23(34-20)22-14-13-21(25(27)31)26(29-22)33-19-10-8-18(9-11-19)32-17-6-4-3-5-7-17/h2-15,25,31H,1,16,27H2,(H,28,30). The minimum Gasteiger partial charge on any atom is -0.457 e. The minimum absolute atomic E-state index is 0.208. The van der Waals surface area contributed by atoms with E-state index in [0.29, 0.717) is 29.3 Å². The number of para-hydroxylation sites is 1. The topological polar surface area (TPSA) is 107 Å². The van der Waals surface area contributed by atoms with Crippen LogP contribution < -0.4 is 20.5 Å². The molecule has 2 aromatic heterocycles. The number of aromatic nitrogens is 1. The highest BCUT2D eigenvalue weighted by atomic mass is 32.1. The lowest BCUT2D eigenvalue weighted by molar-refractivity contribution is -0.116. The van der Waals surface area contributed by atoms with Gasteiger partial charge in [-0.1, -0.05) is 24.8 Å². The van der Waals surface area contributed by atoms with Crippen molar-refractivity contribution in [1.29, 1.82) is 0 Å². The first kappa shape index (κ1) is 23.2. The van der Waals surface area contributed by atoms with E-state index in [1.807, 2.05) is 42.5 Å². The number of nitrogens with one attached hydrogen (secondary N) is 1. The van der Waals surface area contributed by atoms with Crippen molar-refractivity contribution in [3.63, 3.8) is 0 Å². The molecule has 2 aromatic carbocycles. The molecule has 0 aliphatic rings. The fourth-order valence-corrected chi connectivity index (χ4v) is 3.98. The summed E-state index contributed by atoms with van der Waals surface area (Å²) in [4.78, 5) is 17.8. The zero-order chi connectivity index (χ0) is 23.9. The molecular formula is C26H23N3O4S. The van der Waals surface area contributed by atoms with Crippen molar-refractivity contribution >= 4 is 17.2 Å². The summed E-state index contributed by atoms with van der Waals surface area (Å²) in [5.41, 5.74) is 6.75. The molecule has 0 aliphatic heterocycles. The van der Waals surface area contributed by atoms with Crippen molar-refractivity contribution in [3.8, 4) is 33.7 Å². The monoisotopic (exact) mass is 473 g/mol. The number of benzene rings is 2. The number of hydrogen-bond acceptors (Lipinski definition) is 7. The smallest absolute Gasteiger partial charge is 0.243 e. The van der Waals surface area contributed by atoms with E-state index < -0.39 is 6.23 Å². The summed E-state index contributed by atoms with van der Waals surface area (Å²) in [5.74, 6) is 1.89. The summed E-state index contributed by atoms with van der Waals surface area (Å²) in [6.07, 6.45) is -0.0121. The van der Waals surface area contributed by atoms with Crippen LogP contribution in [-0.2, 0) is 11.3 Å². The Morgan fingerprint density at radius 1 is 1.00 bits per heavy atom. The quantitative estimate of drug-likeness (QED) is 0.229. The van der Waals surface area contributed by atoms with Gasteiger partial charge < -0.3 is 25.6 Å². The maximum absolute atomic E-state index is 11.4. The van der Waals surface area contributed by atoms with Crippen LogP contribution in [0.1, 0.15) is 16.7 Å². The van der Waals surface area contributed by atoms with Crippen molar-refractivity contribution in [2.45, 2.75) is 12.8 Å². The van der Waals surface area contributed by atoms with Crippen LogP contribution in [0.2, 0.25) is 0 Å². The van der Waals surface area contributed by atoms with E-state index in [1.165, 1.54) is 17.4 Å². The number of aliphatic hydroxyl groups excluding tert-OH is 1. The first-order valence-corrected chi connectivity index (χ1v) is 11.3. The Morgan fingerprint density at radius 3 is 2.35 bits per heavy atom. The molecular weight excluding hydrogens is 450 g/mol. The average Bonchev–Trinajstić information content (AvgIpc) is 3.33. The highest BCUT2D eigenvalue weighted by Crippen LogP contribution is 2.33. The molecule has 4 rings (SSSR count). The van der Waals surface area contributed by atoms with Gasteiger partial charge >= 0.3 is 0 Å². The molecule has 0 aliphatic carbocycles. The molecule has 4 aromatic rings. The molecule has 7 nitrogen and oxygen atoms in total. The van der Waals surface area contributed by atoms with Gasteiger partial charge in [0, 0.05) is 4.88 Å². The highest BCUT2D eigenvalue weighted by Gasteiger charge is 2.15. The van der Waals surface area contributed by atoms with Gasteiger partial charge in [0.1, 0.15) is 23.5 Å². The van der Waals surface area contributed by atoms with Crippen molar-refractivity contribution < 1.29 is 19.4 Å². The van der Waals surface area contributed by atoms with Gasteiger partial charge in [0.2, 0.25) is 11.8 Å². The molecule has 1 atom stereocenters. The van der Waals surface area contributed by atoms with Gasteiger partial charge in [-0.3, -0.25) is 4.79 Å². The molecule has 1 amide bonds. The van der Waals surface area contributed by atoms with Crippen LogP contribution in [0.15, 0.2) is 91.5 Å². The average molecular weight is 474 g/mol. The van der Waals surface area contributed by atoms with Crippen molar-refractivity contribution in [1.82, 2.24) is 10.3 Å². The number of rotatable bonds is 9. The molecule has 2 heterocycles. The van der Waals surface area contributed by atoms with Gasteiger partial charge in [0.05, 0.1) is 22.7 Å². The first-order valence-electron chi connectivity index (χ1n) is 10.5. The lowest BCUT2D eigenvalue weighted by atomic mass is 10.2. The minimum atomic E-state index is -1.25. The summed E-state index contributed by atoms with van der Waals surface area (Å²) in [6, 6.07) is 23.8. The van der Waals surface area contributed by atoms with Gasteiger partial charge in [-0.25, -0.2) is 4.98 Å². The molecule has 8 heteroatoms. The fourth-order valence-electron chi connectivity index (χ4n) is 3.06. The number of amides is 1. The third kappa shape index (κ3) is 5.87. The Balaban J connectivity index is 1.52. The van der Waals surface area contributed by atoms with E-state index in [9.17, 15) is 9.90 Å². The third-order valence-corrected chi connectivity index (χ3v) is 5.87. The number of carbonyl (C=O) groups is 1. The van der Waals surface area contributed by atoms with Crippen LogP contribution >= 0.6 is 11.3 Å². The number of hydrogen-bond donors (Lipinski definition) is 3. The van der Waals surface area contributed by atoms with Crippen molar-refractivity contribution in [2.24, 2.45) is 5.73 Å². The van der Waals surface area contributed by atoms with Gasteiger partial charge in [0.25, 0.3) is 0 Å². The Morgan fingerprint density at radius 2 is 1.68 bits per heavy atom. The Hall–Kier alpha value is -3.98. The van der Waals surface area contributed by atoms with Gasteiger partial charge in [0.15, 0.2) is 0 Å². The van der Waals surface area contributed by atoms with Gasteiger partial charge in [-0.15, -0.1) is 11.3 Å². The second kappa shape index (κ2) is 10.8. The van der Waals surface area contributed by atoms with Crippen molar-refractivity contribution in [2.75, 3.05) is 0 Å². The molecule has 0 bridgehead atoms. The zero-order valence-electron chi connectivity index (χ0n) is 18.2. The molecule has 1 unspecified atom stereocenters. The Kier molecular flexibility index (Phi) is 7.34. The Labute approximate surface area is 201 Å². The van der Waals surface area contributed by atoms with E-state index in [2.05, 4.69) is 16.9 Å². The van der Waals surface area contributed by atoms with Crippen LogP contribution in [0.25, 0.3) is 10.6 Å². The molecule has 0 saturated carbocycles. The van der Waals surface area contributed by atoms with Crippen LogP contribution in [0, 0.1) is 0 Å². The lowest BCUT2D eigenvalue weighted by Gasteiger charge is -2.14. The predicted molar refractivity (Wildman–Crippen MR) is 132 cm³/mol. The zero-order valence-corrected chi connectivity index (χ0v) is 19.0. The summed E-state index contributed by atoms with van der Waals surface area (Å²) >= 11 is 1.49. The molecule has 4 N–H and O–H groups in total. The maximum Gasteiger partial charge on any atom is 0.243 e. The summed E-state index contributed by atoms with van der Waals surface area (Å²) < 4.78 is 11.8. The Bertz CT molecular complexity index is 1270. The predicted octanol–water partition coefficient (Wildman–Crippen LogP) is 5.15. The molecule has 0 fully saturated rings. The van der Waals surface area contributed by atoms with E-state index in [1.54, 1.807) is 36.4 Å². The number of pyridine rings is 1. The fraction of sp³-hybridized carbons (Fsp3) is 0.0769. The van der Waals surface area contributed by atoms with Crippen LogP contribution in [-0.4, -0.2) is 16.0 Å². The lowest BCUT2D eigenvalue weighted by Crippen LogP contribution is -2.19. The number of nitrogens with two attached hydrogens (primary N) is 1. The number of nitrogens with zero attached hydrogens (tertiary/aromatic N) is 1. The molecule has 172 valence electrons. The molecule has 0 spiro atoms.